The molecule has 1 atom stereocenters. The van der Waals surface area contributed by atoms with Crippen LogP contribution < -0.4 is 5.14 Å². The number of aliphatic hydroxyl groups is 1. The van der Waals surface area contributed by atoms with Crippen LogP contribution in [0.2, 0.25) is 0 Å². The standard InChI is InChI=1S/C7H11NO3S/c1-2-3-6(9)7(4-5-7)12(8,10)11/h6,9H,4-5H2,1H3,(H2,8,10,11)/t6-/m1/s1. The third-order valence-corrected chi connectivity index (χ3v) is 3.85. The molecule has 0 aliphatic heterocycles. The Labute approximate surface area is 71.8 Å². The van der Waals surface area contributed by atoms with Gasteiger partial charge in [0, 0.05) is 0 Å². The van der Waals surface area contributed by atoms with Gasteiger partial charge in [-0.15, -0.1) is 5.92 Å². The summed E-state index contributed by atoms with van der Waals surface area (Å²) in [5.41, 5.74) is 0. The number of hydrogen-bond donors (Lipinski definition) is 2. The Kier molecular flexibility index (Phi) is 2.17. The molecule has 0 amide bonds. The Morgan fingerprint density at radius 1 is 1.58 bits per heavy atom. The number of nitrogens with two attached hydrogens (primary N) is 1. The molecule has 0 aromatic rings. The highest BCUT2D eigenvalue weighted by atomic mass is 32.2. The lowest BCUT2D eigenvalue weighted by Crippen LogP contribution is -2.40. The molecule has 0 spiro atoms. The molecule has 0 saturated heterocycles. The van der Waals surface area contributed by atoms with E-state index in [9.17, 15) is 13.5 Å². The molecule has 1 rings (SSSR count). The first-order valence-electron chi connectivity index (χ1n) is 3.57. The molecule has 1 fully saturated rings. The predicted molar refractivity (Wildman–Crippen MR) is 44.5 cm³/mol. The third kappa shape index (κ3) is 1.33. The van der Waals surface area contributed by atoms with Gasteiger partial charge in [-0.05, 0) is 19.8 Å². The smallest absolute Gasteiger partial charge is 0.218 e. The number of hydrogen-bond acceptors (Lipinski definition) is 3. The summed E-state index contributed by atoms with van der Waals surface area (Å²) in [4.78, 5) is 0. The molecule has 0 aromatic carbocycles. The largest absolute Gasteiger partial charge is 0.379 e. The quantitative estimate of drug-likeness (QED) is 0.557. The van der Waals surface area contributed by atoms with Crippen molar-refractivity contribution in [1.29, 1.82) is 0 Å². The van der Waals surface area contributed by atoms with E-state index in [-0.39, 0.29) is 0 Å². The molecular weight excluding hydrogens is 178 g/mol. The van der Waals surface area contributed by atoms with Crippen molar-refractivity contribution < 1.29 is 13.5 Å². The van der Waals surface area contributed by atoms with Crippen molar-refractivity contribution in [2.24, 2.45) is 5.14 Å². The predicted octanol–water partition coefficient (Wildman–Crippen LogP) is -0.808. The highest BCUT2D eigenvalue weighted by Gasteiger charge is 2.58. The average molecular weight is 189 g/mol. The van der Waals surface area contributed by atoms with Crippen LogP contribution in [-0.4, -0.2) is 24.4 Å². The zero-order chi connectivity index (χ0) is 9.41. The molecule has 68 valence electrons. The van der Waals surface area contributed by atoms with Crippen LogP contribution in [-0.2, 0) is 10.0 Å². The Morgan fingerprint density at radius 2 is 2.08 bits per heavy atom. The van der Waals surface area contributed by atoms with E-state index in [0.29, 0.717) is 12.8 Å². The average Bonchev–Trinajstić information content (AvgIpc) is 2.63. The van der Waals surface area contributed by atoms with Gasteiger partial charge in [0.15, 0.2) is 0 Å². The monoisotopic (exact) mass is 189 g/mol. The second-order valence-corrected chi connectivity index (χ2v) is 4.81. The summed E-state index contributed by atoms with van der Waals surface area (Å²) in [5.74, 6) is 4.87. The summed E-state index contributed by atoms with van der Waals surface area (Å²) >= 11 is 0. The summed E-state index contributed by atoms with van der Waals surface area (Å²) in [5, 5.41) is 14.3. The van der Waals surface area contributed by atoms with Crippen LogP contribution in [0, 0.1) is 11.8 Å². The molecule has 0 radical (unpaired) electrons. The molecule has 3 N–H and O–H groups in total. The highest BCUT2D eigenvalue weighted by Crippen LogP contribution is 2.44. The van der Waals surface area contributed by atoms with Gasteiger partial charge in [-0.1, -0.05) is 5.92 Å². The van der Waals surface area contributed by atoms with E-state index in [1.165, 1.54) is 0 Å². The number of rotatable bonds is 2. The van der Waals surface area contributed by atoms with Gasteiger partial charge in [-0.25, -0.2) is 13.6 Å². The zero-order valence-corrected chi connectivity index (χ0v) is 7.56. The Bertz CT molecular complexity index is 331. The van der Waals surface area contributed by atoms with Crippen LogP contribution in [0.1, 0.15) is 19.8 Å². The van der Waals surface area contributed by atoms with Crippen molar-refractivity contribution in [2.45, 2.75) is 30.6 Å². The molecule has 5 heteroatoms. The van der Waals surface area contributed by atoms with Crippen molar-refractivity contribution >= 4 is 10.0 Å². The summed E-state index contributed by atoms with van der Waals surface area (Å²) in [6, 6.07) is 0. The van der Waals surface area contributed by atoms with Gasteiger partial charge in [0.25, 0.3) is 0 Å². The number of aliphatic hydroxyl groups excluding tert-OH is 1. The summed E-state index contributed by atoms with van der Waals surface area (Å²) in [6.45, 7) is 1.54. The van der Waals surface area contributed by atoms with Crippen molar-refractivity contribution in [3.8, 4) is 11.8 Å². The van der Waals surface area contributed by atoms with Crippen LogP contribution in [0.4, 0.5) is 0 Å². The van der Waals surface area contributed by atoms with E-state index < -0.39 is 20.9 Å². The van der Waals surface area contributed by atoms with Gasteiger partial charge in [0.1, 0.15) is 10.9 Å². The van der Waals surface area contributed by atoms with Gasteiger partial charge in [0.05, 0.1) is 0 Å². The maximum Gasteiger partial charge on any atom is 0.218 e. The minimum Gasteiger partial charge on any atom is -0.379 e. The van der Waals surface area contributed by atoms with Gasteiger partial charge in [-0.3, -0.25) is 0 Å². The van der Waals surface area contributed by atoms with Crippen molar-refractivity contribution in [1.82, 2.24) is 0 Å². The Hall–Kier alpha value is -0.570. The van der Waals surface area contributed by atoms with Crippen molar-refractivity contribution in [3.63, 3.8) is 0 Å². The van der Waals surface area contributed by atoms with E-state index in [4.69, 9.17) is 5.14 Å². The van der Waals surface area contributed by atoms with Crippen LogP contribution >= 0.6 is 0 Å². The molecule has 1 aliphatic carbocycles. The fourth-order valence-corrected chi connectivity index (χ4v) is 2.15. The van der Waals surface area contributed by atoms with Crippen LogP contribution in [0.25, 0.3) is 0 Å². The molecule has 0 bridgehead atoms. The molecule has 1 aliphatic rings. The van der Waals surface area contributed by atoms with Crippen molar-refractivity contribution in [2.75, 3.05) is 0 Å². The first-order chi connectivity index (χ1) is 5.44. The van der Waals surface area contributed by atoms with Crippen LogP contribution in [0.3, 0.4) is 0 Å². The van der Waals surface area contributed by atoms with Gasteiger partial charge >= 0.3 is 0 Å². The Balaban J connectivity index is 2.93. The minimum atomic E-state index is -3.67. The van der Waals surface area contributed by atoms with Crippen LogP contribution in [0.5, 0.6) is 0 Å². The third-order valence-electron chi connectivity index (χ3n) is 2.09. The zero-order valence-electron chi connectivity index (χ0n) is 6.74. The molecule has 4 nitrogen and oxygen atoms in total. The van der Waals surface area contributed by atoms with E-state index in [0.717, 1.165) is 0 Å². The number of sulfonamides is 1. The van der Waals surface area contributed by atoms with E-state index in [2.05, 4.69) is 11.8 Å². The lowest BCUT2D eigenvalue weighted by Gasteiger charge is -2.14. The van der Waals surface area contributed by atoms with Crippen LogP contribution in [0.15, 0.2) is 0 Å². The first-order valence-corrected chi connectivity index (χ1v) is 5.11. The SMILES string of the molecule is CC#C[C@@H](O)C1(S(N)(=O)=O)CC1. The molecule has 0 aromatic heterocycles. The lowest BCUT2D eigenvalue weighted by atomic mass is 10.2. The van der Waals surface area contributed by atoms with Gasteiger partial charge in [0.2, 0.25) is 10.0 Å². The molecular formula is C7H11NO3S. The Morgan fingerprint density at radius 3 is 2.33 bits per heavy atom. The topological polar surface area (TPSA) is 80.4 Å². The van der Waals surface area contributed by atoms with Gasteiger partial charge in [-0.2, -0.15) is 0 Å². The first kappa shape index (κ1) is 9.52. The highest BCUT2D eigenvalue weighted by molar-refractivity contribution is 7.90. The summed E-state index contributed by atoms with van der Waals surface area (Å²) in [6.07, 6.45) is -0.332. The van der Waals surface area contributed by atoms with E-state index in [1.54, 1.807) is 6.92 Å². The molecule has 1 saturated carbocycles. The van der Waals surface area contributed by atoms with Gasteiger partial charge < -0.3 is 5.11 Å². The fourth-order valence-electron chi connectivity index (χ4n) is 1.10. The van der Waals surface area contributed by atoms with E-state index in [1.807, 2.05) is 0 Å². The molecule has 0 heterocycles. The second-order valence-electron chi connectivity index (χ2n) is 2.91. The maximum atomic E-state index is 11.0. The maximum absolute atomic E-state index is 11.0. The second kappa shape index (κ2) is 2.73. The van der Waals surface area contributed by atoms with Crippen molar-refractivity contribution in [3.05, 3.63) is 0 Å². The van der Waals surface area contributed by atoms with E-state index >= 15 is 0 Å². The normalized spacial score (nSPS) is 22.2. The minimum absolute atomic E-state index is 0.404. The molecule has 12 heavy (non-hydrogen) atoms. The summed E-state index contributed by atoms with van der Waals surface area (Å²) in [7, 11) is -3.67. The number of primary sulfonamides is 1. The summed E-state index contributed by atoms with van der Waals surface area (Å²) < 4.78 is 20.8. The fraction of sp³-hybridized carbons (Fsp3) is 0.714. The molecule has 0 unspecified atom stereocenters. The lowest BCUT2D eigenvalue weighted by molar-refractivity contribution is 0.217.